The summed E-state index contributed by atoms with van der Waals surface area (Å²) in [4.78, 5) is 25.8. The quantitative estimate of drug-likeness (QED) is 0.600. The fourth-order valence-corrected chi connectivity index (χ4v) is 4.02. The lowest BCUT2D eigenvalue weighted by Crippen LogP contribution is -2.43. The maximum atomic E-state index is 13.5. The molecule has 3 N–H and O–H groups in total. The number of nitrogen functional groups attached to an aromatic ring is 1. The van der Waals surface area contributed by atoms with Gasteiger partial charge in [0.05, 0.1) is 0 Å². The monoisotopic (exact) mass is 448 g/mol. The van der Waals surface area contributed by atoms with Gasteiger partial charge in [0.15, 0.2) is 0 Å². The van der Waals surface area contributed by atoms with Crippen LogP contribution in [-0.2, 0) is 13.2 Å². The number of anilines is 2. The number of aromatic nitrogens is 2. The first-order chi connectivity index (χ1) is 15.9. The summed E-state index contributed by atoms with van der Waals surface area (Å²) in [5.74, 6) is -0.0559. The minimum Gasteiger partial charge on any atom is -0.368 e. The Balaban J connectivity index is 1.53. The van der Waals surface area contributed by atoms with Gasteiger partial charge in [0.2, 0.25) is 5.95 Å². The molecule has 1 aromatic heterocycles. The molecule has 0 unspecified atom stereocenters. The van der Waals surface area contributed by atoms with Gasteiger partial charge in [0.25, 0.3) is 5.91 Å². The van der Waals surface area contributed by atoms with E-state index >= 15 is 0 Å². The highest BCUT2D eigenvalue weighted by atomic mass is 19.1. The van der Waals surface area contributed by atoms with Crippen molar-refractivity contribution in [1.29, 1.82) is 0 Å². The normalized spacial score (nSPS) is 14.9. The van der Waals surface area contributed by atoms with E-state index in [0.717, 1.165) is 55.0 Å². The summed E-state index contributed by atoms with van der Waals surface area (Å²) in [5.41, 5.74) is 10.9. The Kier molecular flexibility index (Phi) is 6.96. The standard InChI is InChI=1S/C25H29FN6O/c1-17-3-4-20(12-23(17)21-14-28-25(27)29-15-21)24(33)30-22-10-18(13-26)9-19(11-22)16-32-7-5-31(2)6-8-32/h3-4,9-12,14-15H,5-8,13,16H2,1-2H3,(H,30,33)(H2,27,28,29). The fraction of sp³-hybridized carbons (Fsp3) is 0.320. The van der Waals surface area contributed by atoms with Crippen LogP contribution in [0.5, 0.6) is 0 Å². The minimum atomic E-state index is -0.578. The van der Waals surface area contributed by atoms with Crippen molar-refractivity contribution in [3.05, 3.63) is 71.0 Å². The van der Waals surface area contributed by atoms with Crippen molar-refractivity contribution in [2.24, 2.45) is 0 Å². The van der Waals surface area contributed by atoms with E-state index in [9.17, 15) is 9.18 Å². The predicted molar refractivity (Wildman–Crippen MR) is 129 cm³/mol. The summed E-state index contributed by atoms with van der Waals surface area (Å²) in [6.07, 6.45) is 3.28. The van der Waals surface area contributed by atoms with Crippen molar-refractivity contribution in [1.82, 2.24) is 19.8 Å². The van der Waals surface area contributed by atoms with Gasteiger partial charge in [0, 0.05) is 61.9 Å². The molecule has 8 heteroatoms. The first-order valence-electron chi connectivity index (χ1n) is 11.0. The second-order valence-electron chi connectivity index (χ2n) is 8.57. The van der Waals surface area contributed by atoms with E-state index in [-0.39, 0.29) is 11.9 Å². The first-order valence-corrected chi connectivity index (χ1v) is 11.0. The maximum Gasteiger partial charge on any atom is 0.255 e. The minimum absolute atomic E-state index is 0.199. The molecular weight excluding hydrogens is 419 g/mol. The number of hydrogen-bond acceptors (Lipinski definition) is 6. The fourth-order valence-electron chi connectivity index (χ4n) is 4.02. The molecule has 172 valence electrons. The smallest absolute Gasteiger partial charge is 0.255 e. The molecule has 0 atom stereocenters. The van der Waals surface area contributed by atoms with Crippen LogP contribution in [0.4, 0.5) is 16.0 Å². The van der Waals surface area contributed by atoms with Gasteiger partial charge in [0.1, 0.15) is 6.67 Å². The van der Waals surface area contributed by atoms with Crippen molar-refractivity contribution in [2.45, 2.75) is 20.1 Å². The zero-order valence-electron chi connectivity index (χ0n) is 19.0. The molecule has 0 aliphatic carbocycles. The van der Waals surface area contributed by atoms with E-state index in [0.29, 0.717) is 16.8 Å². The summed E-state index contributed by atoms with van der Waals surface area (Å²) in [7, 11) is 2.12. The lowest BCUT2D eigenvalue weighted by molar-refractivity contribution is 0.102. The predicted octanol–water partition coefficient (Wildman–Crippen LogP) is 3.50. The molecule has 0 radical (unpaired) electrons. The van der Waals surface area contributed by atoms with Crippen LogP contribution < -0.4 is 11.1 Å². The number of aryl methyl sites for hydroxylation is 1. The second-order valence-corrected chi connectivity index (χ2v) is 8.57. The zero-order valence-corrected chi connectivity index (χ0v) is 19.0. The Bertz CT molecular complexity index is 1130. The summed E-state index contributed by atoms with van der Waals surface area (Å²) < 4.78 is 13.5. The van der Waals surface area contributed by atoms with E-state index in [1.807, 2.05) is 31.2 Å². The Labute approximate surface area is 193 Å². The number of hydrogen-bond donors (Lipinski definition) is 2. The first kappa shape index (κ1) is 22.8. The number of nitrogens with two attached hydrogens (primary N) is 1. The largest absolute Gasteiger partial charge is 0.368 e. The molecule has 33 heavy (non-hydrogen) atoms. The molecule has 3 aromatic rings. The van der Waals surface area contributed by atoms with Crippen molar-refractivity contribution in [3.8, 4) is 11.1 Å². The SMILES string of the molecule is Cc1ccc(C(=O)Nc2cc(CF)cc(CN3CCN(C)CC3)c2)cc1-c1cnc(N)nc1. The van der Waals surface area contributed by atoms with Crippen LogP contribution in [0.3, 0.4) is 0 Å². The summed E-state index contributed by atoms with van der Waals surface area (Å²) in [6, 6.07) is 11.0. The van der Waals surface area contributed by atoms with Crippen LogP contribution in [0.1, 0.15) is 27.0 Å². The zero-order chi connectivity index (χ0) is 23.4. The highest BCUT2D eigenvalue weighted by Crippen LogP contribution is 2.25. The van der Waals surface area contributed by atoms with Gasteiger partial charge >= 0.3 is 0 Å². The molecule has 1 saturated heterocycles. The molecule has 2 heterocycles. The van der Waals surface area contributed by atoms with Crippen LogP contribution >= 0.6 is 0 Å². The Morgan fingerprint density at radius 3 is 2.45 bits per heavy atom. The third-order valence-electron chi connectivity index (χ3n) is 5.95. The van der Waals surface area contributed by atoms with E-state index in [4.69, 9.17) is 5.73 Å². The number of benzene rings is 2. The van der Waals surface area contributed by atoms with Crippen LogP contribution in [0.25, 0.3) is 11.1 Å². The number of halogens is 1. The molecular formula is C25H29FN6O. The molecule has 1 aliphatic rings. The topological polar surface area (TPSA) is 87.4 Å². The molecule has 1 fully saturated rings. The van der Waals surface area contributed by atoms with Crippen LogP contribution in [-0.4, -0.2) is 58.9 Å². The molecule has 7 nitrogen and oxygen atoms in total. The van der Waals surface area contributed by atoms with Gasteiger partial charge in [-0.3, -0.25) is 9.69 Å². The van der Waals surface area contributed by atoms with E-state index < -0.39 is 6.67 Å². The number of amides is 1. The molecule has 1 amide bonds. The Morgan fingerprint density at radius 1 is 1.06 bits per heavy atom. The van der Waals surface area contributed by atoms with Gasteiger partial charge in [-0.05, 0) is 60.5 Å². The van der Waals surface area contributed by atoms with Crippen molar-refractivity contribution < 1.29 is 9.18 Å². The average Bonchev–Trinajstić information content (AvgIpc) is 2.81. The van der Waals surface area contributed by atoms with Crippen LogP contribution in [0.15, 0.2) is 48.8 Å². The second kappa shape index (κ2) is 10.1. The number of piperazine rings is 1. The van der Waals surface area contributed by atoms with Crippen molar-refractivity contribution >= 4 is 17.5 Å². The number of likely N-dealkylation sites (N-methyl/N-ethyl adjacent to an activating group) is 1. The highest BCUT2D eigenvalue weighted by Gasteiger charge is 2.16. The Hall–Kier alpha value is -3.36. The van der Waals surface area contributed by atoms with E-state index in [1.165, 1.54) is 0 Å². The summed E-state index contributed by atoms with van der Waals surface area (Å²) >= 11 is 0. The molecule has 0 spiro atoms. The van der Waals surface area contributed by atoms with E-state index in [2.05, 4.69) is 32.1 Å². The number of nitrogens with zero attached hydrogens (tertiary/aromatic N) is 4. The van der Waals surface area contributed by atoms with Gasteiger partial charge in [-0.25, -0.2) is 14.4 Å². The van der Waals surface area contributed by atoms with Gasteiger partial charge in [-0.2, -0.15) is 0 Å². The number of nitrogens with one attached hydrogen (secondary N) is 1. The van der Waals surface area contributed by atoms with E-state index in [1.54, 1.807) is 24.5 Å². The molecule has 0 bridgehead atoms. The third-order valence-corrected chi connectivity index (χ3v) is 5.95. The number of carbonyl (C=O) groups excluding carboxylic acids is 1. The summed E-state index contributed by atoms with van der Waals surface area (Å²) in [6.45, 7) is 6.09. The van der Waals surface area contributed by atoms with Gasteiger partial charge in [-0.15, -0.1) is 0 Å². The maximum absolute atomic E-state index is 13.5. The molecule has 0 saturated carbocycles. The molecule has 2 aromatic carbocycles. The van der Waals surface area contributed by atoms with Crippen molar-refractivity contribution in [2.75, 3.05) is 44.3 Å². The lowest BCUT2D eigenvalue weighted by Gasteiger charge is -2.32. The Morgan fingerprint density at radius 2 is 1.76 bits per heavy atom. The molecule has 4 rings (SSSR count). The lowest BCUT2D eigenvalue weighted by atomic mass is 10.00. The van der Waals surface area contributed by atoms with Gasteiger partial charge < -0.3 is 16.0 Å². The van der Waals surface area contributed by atoms with Gasteiger partial charge in [-0.1, -0.05) is 12.1 Å². The number of carbonyl (C=O) groups is 1. The van der Waals surface area contributed by atoms with Crippen LogP contribution in [0, 0.1) is 6.92 Å². The van der Waals surface area contributed by atoms with Crippen molar-refractivity contribution in [3.63, 3.8) is 0 Å². The highest BCUT2D eigenvalue weighted by molar-refractivity contribution is 6.05. The average molecular weight is 449 g/mol. The van der Waals surface area contributed by atoms with Crippen LogP contribution in [0.2, 0.25) is 0 Å². The summed E-state index contributed by atoms with van der Waals surface area (Å²) in [5, 5.41) is 2.94. The number of rotatable bonds is 6. The molecule has 1 aliphatic heterocycles. The third kappa shape index (κ3) is 5.71. The number of alkyl halides is 1.